The molecule has 0 bridgehead atoms. The quantitative estimate of drug-likeness (QED) is 0.745. The summed E-state index contributed by atoms with van der Waals surface area (Å²) in [7, 11) is 0. The first kappa shape index (κ1) is 13.3. The van der Waals surface area contributed by atoms with Crippen molar-refractivity contribution in [3.8, 4) is 0 Å². The summed E-state index contributed by atoms with van der Waals surface area (Å²) in [6, 6.07) is 0. The average molecular weight is 244 g/mol. The molecule has 2 N–H and O–H groups in total. The van der Waals surface area contributed by atoms with Crippen LogP contribution in [0.1, 0.15) is 65.2 Å². The van der Waals surface area contributed by atoms with Crippen molar-refractivity contribution in [2.24, 2.45) is 0 Å². The summed E-state index contributed by atoms with van der Waals surface area (Å²) < 4.78 is 11.4. The lowest BCUT2D eigenvalue weighted by Crippen LogP contribution is -2.46. The van der Waals surface area contributed by atoms with Crippen molar-refractivity contribution in [3.05, 3.63) is 0 Å². The van der Waals surface area contributed by atoms with Gasteiger partial charge < -0.3 is 19.7 Å². The van der Waals surface area contributed by atoms with E-state index in [9.17, 15) is 10.2 Å². The van der Waals surface area contributed by atoms with Gasteiger partial charge in [-0.05, 0) is 39.5 Å². The van der Waals surface area contributed by atoms with Gasteiger partial charge in [0.25, 0.3) is 0 Å². The van der Waals surface area contributed by atoms with Gasteiger partial charge in [0, 0.05) is 25.7 Å². The normalized spacial score (nSPS) is 27.5. The maximum atomic E-state index is 10.2. The van der Waals surface area contributed by atoms with Gasteiger partial charge >= 0.3 is 0 Å². The van der Waals surface area contributed by atoms with Gasteiger partial charge in [0.05, 0.1) is 0 Å². The Morgan fingerprint density at radius 3 is 1.35 bits per heavy atom. The van der Waals surface area contributed by atoms with Crippen LogP contribution in [0, 0.1) is 0 Å². The largest absolute Gasteiger partial charge is 0.365 e. The summed E-state index contributed by atoms with van der Waals surface area (Å²) in [5.41, 5.74) is 0. The van der Waals surface area contributed by atoms with Crippen molar-refractivity contribution in [1.29, 1.82) is 0 Å². The maximum absolute atomic E-state index is 10.2. The minimum Gasteiger partial charge on any atom is -0.365 e. The van der Waals surface area contributed by atoms with E-state index < -0.39 is 17.4 Å². The summed E-state index contributed by atoms with van der Waals surface area (Å²) in [4.78, 5) is 0. The molecule has 2 fully saturated rings. The summed E-state index contributed by atoms with van der Waals surface area (Å²) in [6.07, 6.45) is 6.54. The first-order valence-electron chi connectivity index (χ1n) is 6.68. The Hall–Kier alpha value is -0.160. The molecule has 0 unspecified atom stereocenters. The van der Waals surface area contributed by atoms with Gasteiger partial charge in [-0.25, -0.2) is 0 Å². The van der Waals surface area contributed by atoms with Crippen LogP contribution >= 0.6 is 0 Å². The van der Waals surface area contributed by atoms with Crippen molar-refractivity contribution in [2.75, 3.05) is 0 Å². The van der Waals surface area contributed by atoms with Gasteiger partial charge in [-0.15, -0.1) is 0 Å². The van der Waals surface area contributed by atoms with Gasteiger partial charge in [-0.3, -0.25) is 0 Å². The van der Waals surface area contributed by atoms with Gasteiger partial charge in [0.15, 0.2) is 17.4 Å². The molecular weight excluding hydrogens is 220 g/mol. The Balaban J connectivity index is 1.93. The van der Waals surface area contributed by atoms with Crippen molar-refractivity contribution < 1.29 is 19.7 Å². The Morgan fingerprint density at radius 2 is 1.06 bits per heavy atom. The van der Waals surface area contributed by atoms with Gasteiger partial charge in [0.2, 0.25) is 0 Å². The topological polar surface area (TPSA) is 58.9 Å². The zero-order valence-electron chi connectivity index (χ0n) is 10.9. The van der Waals surface area contributed by atoms with E-state index in [1.54, 1.807) is 13.8 Å². The first-order chi connectivity index (χ1) is 7.83. The highest BCUT2D eigenvalue weighted by molar-refractivity contribution is 4.81. The Labute approximate surface area is 103 Å². The van der Waals surface area contributed by atoms with Crippen LogP contribution in [0.3, 0.4) is 0 Å². The third-order valence-electron chi connectivity index (χ3n) is 3.64. The van der Waals surface area contributed by atoms with Gasteiger partial charge in [0.1, 0.15) is 0 Å². The fraction of sp³-hybridized carbons (Fsp3) is 1.00. The van der Waals surface area contributed by atoms with E-state index in [1.807, 2.05) is 0 Å². The molecule has 2 aliphatic carbocycles. The average Bonchev–Trinajstić information content (AvgIpc) is 2.73. The van der Waals surface area contributed by atoms with Crippen LogP contribution < -0.4 is 0 Å². The van der Waals surface area contributed by atoms with E-state index in [2.05, 4.69) is 0 Å². The zero-order chi connectivity index (χ0) is 12.6. The van der Waals surface area contributed by atoms with E-state index in [1.165, 1.54) is 0 Å². The molecule has 0 saturated heterocycles. The maximum Gasteiger partial charge on any atom is 0.169 e. The van der Waals surface area contributed by atoms with Crippen LogP contribution in [0.5, 0.6) is 0 Å². The molecule has 0 amide bonds. The van der Waals surface area contributed by atoms with Crippen LogP contribution in [0.2, 0.25) is 0 Å². The number of hydrogen-bond donors (Lipinski definition) is 2. The molecule has 0 heterocycles. The van der Waals surface area contributed by atoms with Crippen molar-refractivity contribution in [2.45, 2.75) is 82.6 Å². The Kier molecular flexibility index (Phi) is 3.51. The third-order valence-corrected chi connectivity index (χ3v) is 3.64. The molecule has 2 saturated carbocycles. The molecule has 0 aromatic carbocycles. The predicted octanol–water partition coefficient (Wildman–Crippen LogP) is 2.28. The molecule has 0 aromatic rings. The second-order valence-corrected chi connectivity index (χ2v) is 5.91. The standard InChI is InChI=1S/C13H24O4/c1-11(2,16-12(14)7-3-4-8-12)17-13(15)9-5-6-10-13/h14-15H,3-10H2,1-2H3. The van der Waals surface area contributed by atoms with E-state index in [-0.39, 0.29) is 0 Å². The van der Waals surface area contributed by atoms with Crippen LogP contribution in [0.25, 0.3) is 0 Å². The highest BCUT2D eigenvalue weighted by Gasteiger charge is 2.43. The Bertz CT molecular complexity index is 237. The molecule has 4 nitrogen and oxygen atoms in total. The van der Waals surface area contributed by atoms with Crippen molar-refractivity contribution >= 4 is 0 Å². The molecule has 0 aromatic heterocycles. The second kappa shape index (κ2) is 4.50. The molecule has 0 atom stereocenters. The SMILES string of the molecule is CC(C)(OC1(O)CCCC1)OC1(O)CCCC1. The minimum atomic E-state index is -1.07. The molecule has 2 aliphatic rings. The van der Waals surface area contributed by atoms with E-state index >= 15 is 0 Å². The molecule has 0 radical (unpaired) electrons. The van der Waals surface area contributed by atoms with Gasteiger partial charge in [-0.2, -0.15) is 0 Å². The van der Waals surface area contributed by atoms with Crippen LogP contribution in [0.4, 0.5) is 0 Å². The second-order valence-electron chi connectivity index (χ2n) is 5.91. The lowest BCUT2D eigenvalue weighted by molar-refractivity contribution is -0.387. The fourth-order valence-electron chi connectivity index (χ4n) is 2.99. The molecule has 17 heavy (non-hydrogen) atoms. The van der Waals surface area contributed by atoms with Crippen LogP contribution in [-0.4, -0.2) is 27.6 Å². The number of aliphatic hydroxyl groups is 2. The molecule has 4 heteroatoms. The minimum absolute atomic E-state index is 0.651. The first-order valence-corrected chi connectivity index (χ1v) is 6.68. The third kappa shape index (κ3) is 3.41. The zero-order valence-corrected chi connectivity index (χ0v) is 10.9. The lowest BCUT2D eigenvalue weighted by Gasteiger charge is -2.39. The van der Waals surface area contributed by atoms with E-state index in [0.29, 0.717) is 25.7 Å². The fourth-order valence-corrected chi connectivity index (χ4v) is 2.99. The molecule has 0 aliphatic heterocycles. The summed E-state index contributed by atoms with van der Waals surface area (Å²) in [5, 5.41) is 20.4. The van der Waals surface area contributed by atoms with Crippen LogP contribution in [-0.2, 0) is 9.47 Å². The van der Waals surface area contributed by atoms with Crippen LogP contribution in [0.15, 0.2) is 0 Å². The van der Waals surface area contributed by atoms with Crippen molar-refractivity contribution in [3.63, 3.8) is 0 Å². The van der Waals surface area contributed by atoms with E-state index in [4.69, 9.17) is 9.47 Å². The summed E-state index contributed by atoms with van der Waals surface area (Å²) in [5.74, 6) is -3.09. The number of hydrogen-bond acceptors (Lipinski definition) is 4. The monoisotopic (exact) mass is 244 g/mol. The number of rotatable bonds is 4. The summed E-state index contributed by atoms with van der Waals surface area (Å²) in [6.45, 7) is 3.53. The van der Waals surface area contributed by atoms with Gasteiger partial charge in [-0.1, -0.05) is 0 Å². The number of ether oxygens (including phenoxy) is 2. The molecule has 0 spiro atoms. The van der Waals surface area contributed by atoms with Crippen molar-refractivity contribution in [1.82, 2.24) is 0 Å². The predicted molar refractivity (Wildman–Crippen MR) is 63.1 cm³/mol. The highest BCUT2D eigenvalue weighted by Crippen LogP contribution is 2.39. The Morgan fingerprint density at radius 1 is 0.765 bits per heavy atom. The summed E-state index contributed by atoms with van der Waals surface area (Å²) >= 11 is 0. The van der Waals surface area contributed by atoms with E-state index in [0.717, 1.165) is 25.7 Å². The molecular formula is C13H24O4. The lowest BCUT2D eigenvalue weighted by atomic mass is 10.2. The highest BCUT2D eigenvalue weighted by atomic mass is 16.8. The smallest absolute Gasteiger partial charge is 0.169 e. The molecule has 2 rings (SSSR count). The molecule has 100 valence electrons.